The number of nitrogens with zero attached hydrogens (tertiary/aromatic N) is 2. The van der Waals surface area contributed by atoms with Crippen LogP contribution in [0.1, 0.15) is 45.0 Å². The van der Waals surface area contributed by atoms with Gasteiger partial charge in [0, 0.05) is 19.0 Å². The van der Waals surface area contributed by atoms with Crippen molar-refractivity contribution in [3.63, 3.8) is 0 Å². The average Bonchev–Trinajstić information content (AvgIpc) is 2.69. The third-order valence-electron chi connectivity index (χ3n) is 4.02. The third kappa shape index (κ3) is 3.57. The molecule has 0 aromatic carbocycles. The standard InChI is InChI=1S/C14H21BrN2O3S/c1-13(2,3)9-7-14(20,11-16-8-10(15)21-11)5-4-6-17(9)12(18)19/h8-9,20H,4-7H2,1-3H3,(H,18,19)/t9?,14-/m1/s1. The molecule has 118 valence electrons. The van der Waals surface area contributed by atoms with Crippen LogP contribution in [-0.2, 0) is 5.60 Å². The van der Waals surface area contributed by atoms with Gasteiger partial charge in [0.1, 0.15) is 10.6 Å². The minimum Gasteiger partial charge on any atom is -0.465 e. The summed E-state index contributed by atoms with van der Waals surface area (Å²) in [5.41, 5.74) is -1.30. The molecular formula is C14H21BrN2O3S. The second-order valence-electron chi connectivity index (χ2n) is 6.67. The van der Waals surface area contributed by atoms with Gasteiger partial charge in [0.15, 0.2) is 0 Å². The Morgan fingerprint density at radius 2 is 2.24 bits per heavy atom. The van der Waals surface area contributed by atoms with E-state index < -0.39 is 11.7 Å². The van der Waals surface area contributed by atoms with E-state index in [1.54, 1.807) is 6.20 Å². The fourth-order valence-electron chi connectivity index (χ4n) is 2.90. The molecule has 7 heteroatoms. The van der Waals surface area contributed by atoms with E-state index in [1.807, 2.05) is 20.8 Å². The Kier molecular flexibility index (Phi) is 4.66. The van der Waals surface area contributed by atoms with Crippen molar-refractivity contribution in [2.45, 2.75) is 51.7 Å². The summed E-state index contributed by atoms with van der Waals surface area (Å²) < 4.78 is 0.873. The zero-order valence-corrected chi connectivity index (χ0v) is 14.9. The van der Waals surface area contributed by atoms with Gasteiger partial charge < -0.3 is 15.1 Å². The maximum atomic E-state index is 11.5. The van der Waals surface area contributed by atoms with Crippen molar-refractivity contribution in [1.82, 2.24) is 9.88 Å². The van der Waals surface area contributed by atoms with Gasteiger partial charge in [0.2, 0.25) is 0 Å². The molecule has 0 aliphatic carbocycles. The summed E-state index contributed by atoms with van der Waals surface area (Å²) in [6.07, 6.45) is 2.31. The average molecular weight is 377 g/mol. The number of halogens is 1. The highest BCUT2D eigenvalue weighted by Crippen LogP contribution is 2.42. The van der Waals surface area contributed by atoms with Crippen molar-refractivity contribution in [3.8, 4) is 0 Å². The van der Waals surface area contributed by atoms with Crippen molar-refractivity contribution in [1.29, 1.82) is 0 Å². The molecule has 1 aliphatic rings. The van der Waals surface area contributed by atoms with E-state index in [0.29, 0.717) is 30.8 Å². The van der Waals surface area contributed by atoms with E-state index in [0.717, 1.165) is 3.79 Å². The Morgan fingerprint density at radius 1 is 1.57 bits per heavy atom. The molecule has 1 aromatic rings. The number of carbonyl (C=O) groups is 1. The Morgan fingerprint density at radius 3 is 2.71 bits per heavy atom. The van der Waals surface area contributed by atoms with Crippen molar-refractivity contribution in [2.75, 3.05) is 6.54 Å². The van der Waals surface area contributed by atoms with Crippen LogP contribution in [0.25, 0.3) is 0 Å². The number of rotatable bonds is 1. The van der Waals surface area contributed by atoms with Crippen LogP contribution in [0.15, 0.2) is 9.98 Å². The molecule has 0 saturated carbocycles. The number of thiazole rings is 1. The Labute approximate surface area is 137 Å². The zero-order chi connectivity index (χ0) is 15.8. The minimum absolute atomic E-state index is 0.245. The first-order chi connectivity index (χ1) is 9.63. The van der Waals surface area contributed by atoms with Gasteiger partial charge in [-0.15, -0.1) is 11.3 Å². The number of aromatic nitrogens is 1. The molecule has 0 radical (unpaired) electrons. The van der Waals surface area contributed by atoms with E-state index in [9.17, 15) is 15.0 Å². The lowest BCUT2D eigenvalue weighted by molar-refractivity contribution is -0.0107. The zero-order valence-electron chi connectivity index (χ0n) is 12.5. The first kappa shape index (κ1) is 16.7. The fraction of sp³-hybridized carbons (Fsp3) is 0.714. The van der Waals surface area contributed by atoms with Gasteiger partial charge in [0.05, 0.1) is 9.98 Å². The van der Waals surface area contributed by atoms with E-state index >= 15 is 0 Å². The summed E-state index contributed by atoms with van der Waals surface area (Å²) in [5.74, 6) is 0. The first-order valence-electron chi connectivity index (χ1n) is 6.97. The monoisotopic (exact) mass is 376 g/mol. The second kappa shape index (κ2) is 5.85. The van der Waals surface area contributed by atoms with Crippen LogP contribution in [0.5, 0.6) is 0 Å². The van der Waals surface area contributed by atoms with E-state index in [4.69, 9.17) is 0 Å². The molecule has 2 N–H and O–H groups in total. The molecule has 1 unspecified atom stereocenters. The summed E-state index contributed by atoms with van der Waals surface area (Å²) in [6.45, 7) is 6.48. The molecule has 0 spiro atoms. The molecule has 21 heavy (non-hydrogen) atoms. The second-order valence-corrected chi connectivity index (χ2v) is 9.08. The summed E-state index contributed by atoms with van der Waals surface area (Å²) in [5, 5.41) is 21.2. The maximum absolute atomic E-state index is 11.5. The number of hydrogen-bond donors (Lipinski definition) is 2. The van der Waals surface area contributed by atoms with E-state index in [-0.39, 0.29) is 11.5 Å². The molecule has 2 heterocycles. The van der Waals surface area contributed by atoms with Crippen LogP contribution in [-0.4, -0.2) is 38.8 Å². The molecule has 1 aliphatic heterocycles. The number of aliphatic hydroxyl groups is 1. The topological polar surface area (TPSA) is 73.7 Å². The quantitative estimate of drug-likeness (QED) is 0.783. The summed E-state index contributed by atoms with van der Waals surface area (Å²) in [7, 11) is 0. The molecular weight excluding hydrogens is 356 g/mol. The fourth-order valence-corrected chi connectivity index (χ4v) is 4.23. The van der Waals surface area contributed by atoms with Crippen LogP contribution in [0.3, 0.4) is 0 Å². The van der Waals surface area contributed by atoms with Crippen molar-refractivity contribution >= 4 is 33.4 Å². The van der Waals surface area contributed by atoms with Gasteiger partial charge >= 0.3 is 6.09 Å². The molecule has 2 rings (SSSR count). The van der Waals surface area contributed by atoms with Gasteiger partial charge in [0.25, 0.3) is 0 Å². The Balaban J connectivity index is 2.37. The minimum atomic E-state index is -1.06. The highest BCUT2D eigenvalue weighted by Gasteiger charge is 2.44. The predicted octanol–water partition coefficient (Wildman–Crippen LogP) is 3.67. The molecule has 5 nitrogen and oxygen atoms in total. The van der Waals surface area contributed by atoms with Crippen molar-refractivity contribution < 1.29 is 15.0 Å². The number of carboxylic acid groups (broad SMARTS) is 1. The number of hydrogen-bond acceptors (Lipinski definition) is 4. The SMILES string of the molecule is CC(C)(C)C1C[C@@](O)(c2ncc(Br)s2)CCCN1C(=O)O. The summed E-state index contributed by atoms with van der Waals surface area (Å²) in [6, 6.07) is -0.245. The molecule has 1 aromatic heterocycles. The first-order valence-corrected chi connectivity index (χ1v) is 8.58. The summed E-state index contributed by atoms with van der Waals surface area (Å²) >= 11 is 4.79. The van der Waals surface area contributed by atoms with Crippen LogP contribution in [0, 0.1) is 5.41 Å². The number of likely N-dealkylation sites (tertiary alicyclic amines) is 1. The lowest BCUT2D eigenvalue weighted by Crippen LogP contribution is -2.48. The molecule has 1 fully saturated rings. The lowest BCUT2D eigenvalue weighted by atomic mass is 9.79. The Bertz CT molecular complexity index is 529. The normalized spacial score (nSPS) is 27.5. The van der Waals surface area contributed by atoms with Crippen molar-refractivity contribution in [2.24, 2.45) is 5.41 Å². The van der Waals surface area contributed by atoms with Gasteiger partial charge in [-0.25, -0.2) is 9.78 Å². The van der Waals surface area contributed by atoms with Crippen LogP contribution >= 0.6 is 27.3 Å². The predicted molar refractivity (Wildman–Crippen MR) is 85.5 cm³/mol. The largest absolute Gasteiger partial charge is 0.465 e. The highest BCUT2D eigenvalue weighted by atomic mass is 79.9. The smallest absolute Gasteiger partial charge is 0.407 e. The lowest BCUT2D eigenvalue weighted by Gasteiger charge is -2.40. The van der Waals surface area contributed by atoms with Gasteiger partial charge in [-0.05, 0) is 34.2 Å². The van der Waals surface area contributed by atoms with Gasteiger partial charge in [-0.3, -0.25) is 0 Å². The maximum Gasteiger partial charge on any atom is 0.407 e. The van der Waals surface area contributed by atoms with Crippen molar-refractivity contribution in [3.05, 3.63) is 15.0 Å². The van der Waals surface area contributed by atoms with E-state index in [1.165, 1.54) is 16.2 Å². The van der Waals surface area contributed by atoms with Gasteiger partial charge in [-0.2, -0.15) is 0 Å². The molecule has 0 bridgehead atoms. The molecule has 1 amide bonds. The van der Waals surface area contributed by atoms with Gasteiger partial charge in [-0.1, -0.05) is 20.8 Å². The summed E-state index contributed by atoms with van der Waals surface area (Å²) in [4.78, 5) is 17.3. The van der Waals surface area contributed by atoms with Crippen LogP contribution in [0.4, 0.5) is 4.79 Å². The highest BCUT2D eigenvalue weighted by molar-refractivity contribution is 9.11. The number of amides is 1. The molecule has 1 saturated heterocycles. The van der Waals surface area contributed by atoms with Crippen LogP contribution in [0.2, 0.25) is 0 Å². The third-order valence-corrected chi connectivity index (χ3v) is 5.69. The molecule has 2 atom stereocenters. The van der Waals surface area contributed by atoms with E-state index in [2.05, 4.69) is 20.9 Å². The van der Waals surface area contributed by atoms with Crippen LogP contribution < -0.4 is 0 Å². The Hall–Kier alpha value is -0.660.